The first kappa shape index (κ1) is 9.67. The van der Waals surface area contributed by atoms with Crippen molar-refractivity contribution in [2.24, 2.45) is 0 Å². The van der Waals surface area contributed by atoms with E-state index in [0.29, 0.717) is 6.47 Å². The number of aromatic nitrogens is 2. The maximum atomic E-state index is 10.1. The van der Waals surface area contributed by atoms with Gasteiger partial charge in [0.1, 0.15) is 12.3 Å². The van der Waals surface area contributed by atoms with Gasteiger partial charge in [0.2, 0.25) is 0 Å². The Labute approximate surface area is 85.9 Å². The number of aliphatic hydroxyl groups is 1. The van der Waals surface area contributed by atoms with Crippen molar-refractivity contribution in [2.75, 3.05) is 0 Å². The second-order valence-corrected chi connectivity index (χ2v) is 3.08. The van der Waals surface area contributed by atoms with Crippen LogP contribution in [0.5, 0.6) is 0 Å². The van der Waals surface area contributed by atoms with E-state index in [9.17, 15) is 4.79 Å². The third-order valence-electron chi connectivity index (χ3n) is 2.19. The summed E-state index contributed by atoms with van der Waals surface area (Å²) in [7, 11) is 0. The normalized spacial score (nSPS) is 10.5. The average Bonchev–Trinajstić information content (AvgIpc) is 2.71. The molecule has 0 radical (unpaired) electrons. The highest BCUT2D eigenvalue weighted by Crippen LogP contribution is 2.13. The Morgan fingerprint density at radius 3 is 3.13 bits per heavy atom. The van der Waals surface area contributed by atoms with E-state index in [1.54, 1.807) is 24.7 Å². The van der Waals surface area contributed by atoms with Crippen molar-refractivity contribution in [3.05, 3.63) is 35.8 Å². The molecule has 0 saturated heterocycles. The lowest BCUT2D eigenvalue weighted by Gasteiger charge is -2.07. The lowest BCUT2D eigenvalue weighted by atomic mass is 10.1. The second-order valence-electron chi connectivity index (χ2n) is 3.08. The fourth-order valence-corrected chi connectivity index (χ4v) is 1.45. The first-order chi connectivity index (χ1) is 7.35. The van der Waals surface area contributed by atoms with E-state index < -0.39 is 0 Å². The third kappa shape index (κ3) is 1.82. The van der Waals surface area contributed by atoms with Crippen LogP contribution in [0.25, 0.3) is 5.65 Å². The summed E-state index contributed by atoms with van der Waals surface area (Å²) < 4.78 is 6.47. The van der Waals surface area contributed by atoms with Gasteiger partial charge in [-0.3, -0.25) is 4.79 Å². The molecule has 0 unspecified atom stereocenters. The zero-order valence-corrected chi connectivity index (χ0v) is 7.96. The van der Waals surface area contributed by atoms with Crippen LogP contribution in [0.3, 0.4) is 0 Å². The smallest absolute Gasteiger partial charge is 0.293 e. The van der Waals surface area contributed by atoms with E-state index in [0.717, 1.165) is 16.8 Å². The van der Waals surface area contributed by atoms with Crippen LogP contribution in [0.1, 0.15) is 11.1 Å². The number of hydrogen-bond acceptors (Lipinski definition) is 4. The van der Waals surface area contributed by atoms with E-state index >= 15 is 0 Å². The number of nitrogens with zero attached hydrogens (tertiary/aromatic N) is 2. The van der Waals surface area contributed by atoms with Gasteiger partial charge in [-0.25, -0.2) is 4.98 Å². The van der Waals surface area contributed by atoms with Gasteiger partial charge in [-0.2, -0.15) is 0 Å². The summed E-state index contributed by atoms with van der Waals surface area (Å²) >= 11 is 0. The molecule has 78 valence electrons. The molecule has 0 aliphatic heterocycles. The van der Waals surface area contributed by atoms with Crippen molar-refractivity contribution >= 4 is 12.1 Å². The minimum atomic E-state index is -0.0963. The highest BCUT2D eigenvalue weighted by Gasteiger charge is 2.05. The molecule has 0 spiro atoms. The van der Waals surface area contributed by atoms with Crippen LogP contribution < -0.4 is 0 Å². The van der Waals surface area contributed by atoms with Crippen molar-refractivity contribution in [3.8, 4) is 0 Å². The van der Waals surface area contributed by atoms with E-state index in [1.807, 2.05) is 4.40 Å². The summed E-state index contributed by atoms with van der Waals surface area (Å²) in [4.78, 5) is 14.2. The number of ether oxygens (including phenoxy) is 1. The molecule has 5 heteroatoms. The minimum absolute atomic E-state index is 0.0963. The molecule has 15 heavy (non-hydrogen) atoms. The predicted octanol–water partition coefficient (Wildman–Crippen LogP) is 0.500. The first-order valence-electron chi connectivity index (χ1n) is 4.45. The van der Waals surface area contributed by atoms with Gasteiger partial charge in [0.25, 0.3) is 6.47 Å². The number of pyridine rings is 1. The van der Waals surface area contributed by atoms with Crippen LogP contribution >= 0.6 is 0 Å². The van der Waals surface area contributed by atoms with Crippen molar-refractivity contribution in [1.29, 1.82) is 0 Å². The molecular formula is C10H10N2O3. The Morgan fingerprint density at radius 1 is 1.53 bits per heavy atom. The van der Waals surface area contributed by atoms with Crippen LogP contribution in [0.2, 0.25) is 0 Å². The van der Waals surface area contributed by atoms with Gasteiger partial charge in [0.15, 0.2) is 0 Å². The molecule has 0 atom stereocenters. The molecular weight excluding hydrogens is 196 g/mol. The molecule has 2 aromatic heterocycles. The largest absolute Gasteiger partial charge is 0.463 e. The topological polar surface area (TPSA) is 63.8 Å². The molecule has 0 amide bonds. The highest BCUT2D eigenvalue weighted by molar-refractivity contribution is 5.45. The van der Waals surface area contributed by atoms with Gasteiger partial charge < -0.3 is 14.2 Å². The van der Waals surface area contributed by atoms with Crippen LogP contribution in [-0.2, 0) is 22.7 Å². The van der Waals surface area contributed by atoms with Crippen molar-refractivity contribution in [3.63, 3.8) is 0 Å². The summed E-state index contributed by atoms with van der Waals surface area (Å²) in [5.74, 6) is 0. The lowest BCUT2D eigenvalue weighted by Crippen LogP contribution is -2.00. The van der Waals surface area contributed by atoms with E-state index in [-0.39, 0.29) is 13.2 Å². The van der Waals surface area contributed by atoms with Crippen molar-refractivity contribution in [2.45, 2.75) is 13.2 Å². The summed E-state index contributed by atoms with van der Waals surface area (Å²) in [6.07, 6.45) is 5.25. The van der Waals surface area contributed by atoms with Gasteiger partial charge in [-0.1, -0.05) is 0 Å². The van der Waals surface area contributed by atoms with Gasteiger partial charge in [0, 0.05) is 24.2 Å². The molecule has 2 heterocycles. The van der Waals surface area contributed by atoms with E-state index in [4.69, 9.17) is 5.11 Å². The maximum Gasteiger partial charge on any atom is 0.293 e. The Kier molecular flexibility index (Phi) is 2.64. The number of carbonyl (C=O) groups excluding carboxylic acids is 1. The standard InChI is InChI=1S/C10H10N2O3/c13-5-8-3-10-11-1-2-12(10)4-9(8)6-15-7-14/h1-4,7,13H,5-6H2. The fraction of sp³-hybridized carbons (Fsp3) is 0.200. The number of hydrogen-bond donors (Lipinski definition) is 1. The van der Waals surface area contributed by atoms with Crippen LogP contribution in [-0.4, -0.2) is 21.0 Å². The SMILES string of the molecule is O=COCc1cn2ccnc2cc1CO. The summed E-state index contributed by atoms with van der Waals surface area (Å²) in [6.45, 7) is 0.452. The molecule has 2 rings (SSSR count). The maximum absolute atomic E-state index is 10.1. The molecule has 2 aromatic rings. The van der Waals surface area contributed by atoms with Gasteiger partial charge in [0.05, 0.1) is 6.61 Å². The molecule has 0 bridgehead atoms. The number of imidazole rings is 1. The van der Waals surface area contributed by atoms with E-state index in [2.05, 4.69) is 9.72 Å². The average molecular weight is 206 g/mol. The van der Waals surface area contributed by atoms with Crippen molar-refractivity contribution in [1.82, 2.24) is 9.38 Å². The Bertz CT molecular complexity index is 478. The van der Waals surface area contributed by atoms with Crippen molar-refractivity contribution < 1.29 is 14.6 Å². The van der Waals surface area contributed by atoms with Gasteiger partial charge >= 0.3 is 0 Å². The molecule has 5 nitrogen and oxygen atoms in total. The van der Waals surface area contributed by atoms with Crippen LogP contribution in [0.15, 0.2) is 24.7 Å². The summed E-state index contributed by atoms with van der Waals surface area (Å²) in [5.41, 5.74) is 2.25. The Morgan fingerprint density at radius 2 is 2.40 bits per heavy atom. The minimum Gasteiger partial charge on any atom is -0.463 e. The number of fused-ring (bicyclic) bond motifs is 1. The van der Waals surface area contributed by atoms with Gasteiger partial charge in [-0.05, 0) is 11.6 Å². The second kappa shape index (κ2) is 4.10. The molecule has 1 N–H and O–H groups in total. The number of carbonyl (C=O) groups is 1. The van der Waals surface area contributed by atoms with Crippen LogP contribution in [0.4, 0.5) is 0 Å². The quantitative estimate of drug-likeness (QED) is 0.740. The Hall–Kier alpha value is -1.88. The lowest BCUT2D eigenvalue weighted by molar-refractivity contribution is -0.129. The number of aliphatic hydroxyl groups excluding tert-OH is 1. The number of rotatable bonds is 4. The predicted molar refractivity (Wildman–Crippen MR) is 52.0 cm³/mol. The monoisotopic (exact) mass is 206 g/mol. The van der Waals surface area contributed by atoms with E-state index in [1.165, 1.54) is 0 Å². The molecule has 0 saturated carbocycles. The first-order valence-corrected chi connectivity index (χ1v) is 4.45. The zero-order valence-electron chi connectivity index (χ0n) is 7.96. The third-order valence-corrected chi connectivity index (χ3v) is 2.19. The molecule has 0 aromatic carbocycles. The van der Waals surface area contributed by atoms with Crippen LogP contribution in [0, 0.1) is 0 Å². The molecule has 0 aliphatic rings. The molecule has 0 aliphatic carbocycles. The zero-order chi connectivity index (χ0) is 10.7. The summed E-state index contributed by atoms with van der Waals surface area (Å²) in [5, 5.41) is 9.13. The fourth-order valence-electron chi connectivity index (χ4n) is 1.45. The highest BCUT2D eigenvalue weighted by atomic mass is 16.5. The molecule has 0 fully saturated rings. The summed E-state index contributed by atoms with van der Waals surface area (Å²) in [6, 6.07) is 1.77. The van der Waals surface area contributed by atoms with Gasteiger partial charge in [-0.15, -0.1) is 0 Å². The Balaban J connectivity index is 2.44.